The Morgan fingerprint density at radius 3 is 2.50 bits per heavy atom. The molecule has 0 aromatic carbocycles. The van der Waals surface area contributed by atoms with Gasteiger partial charge in [0, 0.05) is 19.2 Å². The number of aromatic nitrogens is 1. The van der Waals surface area contributed by atoms with Crippen LogP contribution in [0.3, 0.4) is 0 Å². The van der Waals surface area contributed by atoms with Gasteiger partial charge in [0.1, 0.15) is 11.1 Å². The number of nitrogens with zero attached hydrogens (tertiary/aromatic N) is 2. The predicted octanol–water partition coefficient (Wildman–Crippen LogP) is 0.301. The van der Waals surface area contributed by atoms with E-state index in [-0.39, 0.29) is 16.8 Å². The first-order valence-electron chi connectivity index (χ1n) is 9.03. The molecule has 1 N–H and O–H groups in total. The normalized spacial score (nSPS) is 20.1. The van der Waals surface area contributed by atoms with Crippen molar-refractivity contribution in [2.75, 3.05) is 50.9 Å². The van der Waals surface area contributed by atoms with E-state index in [1.165, 1.54) is 10.5 Å². The van der Waals surface area contributed by atoms with Gasteiger partial charge in [-0.1, -0.05) is 0 Å². The first-order chi connectivity index (χ1) is 12.5. The monoisotopic (exact) mass is 384 g/mol. The average Bonchev–Trinajstić information content (AvgIpc) is 2.69. The lowest BCUT2D eigenvalue weighted by molar-refractivity contribution is -0.367. The second-order valence-corrected chi connectivity index (χ2v) is 8.38. The summed E-state index contributed by atoms with van der Waals surface area (Å²) >= 11 is 0. The summed E-state index contributed by atoms with van der Waals surface area (Å²) in [5, 5.41) is 0. The van der Waals surface area contributed by atoms with Crippen LogP contribution in [0.25, 0.3) is 0 Å². The minimum Gasteiger partial charge on any atom is -0.466 e. The molecule has 9 heteroatoms. The van der Waals surface area contributed by atoms with Crippen LogP contribution in [0, 0.1) is 5.92 Å². The molecule has 3 heterocycles. The van der Waals surface area contributed by atoms with Crippen LogP contribution in [0.4, 0.5) is 5.82 Å². The lowest BCUT2D eigenvalue weighted by atomic mass is 9.97. The second kappa shape index (κ2) is 8.32. The van der Waals surface area contributed by atoms with Gasteiger partial charge >= 0.3 is 5.97 Å². The first kappa shape index (κ1) is 19.1. The number of morpholine rings is 1. The number of hydrogen-bond donors (Lipinski definition) is 0. The van der Waals surface area contributed by atoms with Crippen LogP contribution < -0.4 is 9.88 Å². The standard InChI is InChI=1S/C17H25N3O5S/c1-2-25-17(21)14-5-7-19(8-6-14)16-4-3-15(13-18-16)26(22,23)20-9-11-24-12-10-20/h3-4,13-14H,2,5-12H2,1H3/p+1. The van der Waals surface area contributed by atoms with Crippen LogP contribution in [-0.4, -0.2) is 64.7 Å². The fourth-order valence-electron chi connectivity index (χ4n) is 3.31. The molecule has 0 unspecified atom stereocenters. The maximum absolute atomic E-state index is 12.6. The average molecular weight is 384 g/mol. The van der Waals surface area contributed by atoms with Crippen LogP contribution in [0.2, 0.25) is 0 Å². The number of H-pyrrole nitrogens is 1. The van der Waals surface area contributed by atoms with E-state index in [4.69, 9.17) is 9.47 Å². The van der Waals surface area contributed by atoms with Crippen molar-refractivity contribution in [2.45, 2.75) is 24.7 Å². The van der Waals surface area contributed by atoms with Gasteiger partial charge in [-0.15, -0.1) is 0 Å². The van der Waals surface area contributed by atoms with Crippen LogP contribution in [-0.2, 0) is 24.3 Å². The van der Waals surface area contributed by atoms with E-state index in [1.807, 2.05) is 6.92 Å². The highest BCUT2D eigenvalue weighted by atomic mass is 32.2. The molecule has 2 aliphatic rings. The number of carbonyl (C=O) groups excluding carboxylic acids is 1. The molecule has 0 aliphatic carbocycles. The molecule has 0 saturated carbocycles. The molecule has 2 aliphatic heterocycles. The van der Waals surface area contributed by atoms with Gasteiger partial charge in [0.25, 0.3) is 5.82 Å². The SMILES string of the molecule is CCOC(=O)C1CCN(c2ccc(S(=O)(=O)N3CCOCC3)c[nH+]2)CC1. The fraction of sp³-hybridized carbons (Fsp3) is 0.647. The van der Waals surface area contributed by atoms with Gasteiger partial charge in [0.15, 0.2) is 0 Å². The van der Waals surface area contributed by atoms with Crippen molar-refractivity contribution in [1.82, 2.24) is 4.31 Å². The smallest absolute Gasteiger partial charge is 0.309 e. The summed E-state index contributed by atoms with van der Waals surface area (Å²) in [4.78, 5) is 17.3. The number of nitrogens with one attached hydrogen (secondary N) is 1. The van der Waals surface area contributed by atoms with Gasteiger partial charge in [-0.05, 0) is 25.8 Å². The van der Waals surface area contributed by atoms with Crippen LogP contribution in [0.1, 0.15) is 19.8 Å². The first-order valence-corrected chi connectivity index (χ1v) is 10.5. The molecule has 0 amide bonds. The Labute approximate surface area is 154 Å². The van der Waals surface area contributed by atoms with Crippen LogP contribution in [0.15, 0.2) is 23.2 Å². The molecule has 1 aromatic heterocycles. The molecule has 0 bridgehead atoms. The van der Waals surface area contributed by atoms with Gasteiger partial charge < -0.3 is 9.47 Å². The summed E-state index contributed by atoms with van der Waals surface area (Å²) in [6, 6.07) is 3.42. The van der Waals surface area contributed by atoms with Crippen LogP contribution >= 0.6 is 0 Å². The number of pyridine rings is 1. The number of piperidine rings is 1. The maximum atomic E-state index is 12.6. The summed E-state index contributed by atoms with van der Waals surface area (Å²) in [5.74, 6) is 0.684. The number of hydrogen-bond acceptors (Lipinski definition) is 6. The maximum Gasteiger partial charge on any atom is 0.309 e. The Hall–Kier alpha value is -1.71. The second-order valence-electron chi connectivity index (χ2n) is 6.44. The van der Waals surface area contributed by atoms with Gasteiger partial charge in [0.2, 0.25) is 10.0 Å². The van der Waals surface area contributed by atoms with E-state index in [9.17, 15) is 13.2 Å². The molecule has 26 heavy (non-hydrogen) atoms. The lowest BCUT2D eigenvalue weighted by Crippen LogP contribution is -2.41. The number of esters is 1. The Balaban J connectivity index is 1.62. The minimum atomic E-state index is -3.49. The minimum absolute atomic E-state index is 0.0489. The molecule has 3 rings (SSSR count). The third-order valence-electron chi connectivity index (χ3n) is 4.83. The zero-order valence-electron chi connectivity index (χ0n) is 15.0. The zero-order valence-corrected chi connectivity index (χ0v) is 15.8. The molecule has 0 radical (unpaired) electrons. The number of sulfonamides is 1. The molecule has 8 nitrogen and oxygen atoms in total. The molecular weight excluding hydrogens is 358 g/mol. The summed E-state index contributed by atoms with van der Waals surface area (Å²) in [5.41, 5.74) is 0. The number of ether oxygens (including phenoxy) is 2. The highest BCUT2D eigenvalue weighted by molar-refractivity contribution is 7.89. The van der Waals surface area contributed by atoms with Gasteiger partial charge in [-0.3, -0.25) is 9.69 Å². The van der Waals surface area contributed by atoms with E-state index in [1.54, 1.807) is 12.1 Å². The van der Waals surface area contributed by atoms with Crippen molar-refractivity contribution in [2.24, 2.45) is 5.92 Å². The van der Waals surface area contributed by atoms with E-state index in [0.29, 0.717) is 32.9 Å². The van der Waals surface area contributed by atoms with Crippen molar-refractivity contribution >= 4 is 21.8 Å². The topological polar surface area (TPSA) is 90.3 Å². The van der Waals surface area contributed by atoms with Crippen LogP contribution in [0.5, 0.6) is 0 Å². The largest absolute Gasteiger partial charge is 0.466 e. The fourth-order valence-corrected chi connectivity index (χ4v) is 4.69. The lowest BCUT2D eigenvalue weighted by Gasteiger charge is -2.27. The van der Waals surface area contributed by atoms with Gasteiger partial charge in [0.05, 0.1) is 38.8 Å². The third-order valence-corrected chi connectivity index (χ3v) is 6.73. The number of anilines is 1. The van der Waals surface area contributed by atoms with Crippen molar-refractivity contribution < 1.29 is 27.7 Å². The quantitative estimate of drug-likeness (QED) is 0.679. The van der Waals surface area contributed by atoms with Gasteiger partial charge in [-0.25, -0.2) is 13.4 Å². The molecule has 2 fully saturated rings. The molecule has 1 aromatic rings. The number of aromatic amines is 1. The summed E-state index contributed by atoms with van der Waals surface area (Å²) in [7, 11) is -3.49. The summed E-state index contributed by atoms with van der Waals surface area (Å²) in [6.07, 6.45) is 3.01. The van der Waals surface area contributed by atoms with E-state index in [2.05, 4.69) is 9.88 Å². The van der Waals surface area contributed by atoms with Crippen molar-refractivity contribution in [3.63, 3.8) is 0 Å². The zero-order chi connectivity index (χ0) is 18.6. The van der Waals surface area contributed by atoms with E-state index < -0.39 is 10.0 Å². The highest BCUT2D eigenvalue weighted by Crippen LogP contribution is 2.23. The van der Waals surface area contributed by atoms with Crippen molar-refractivity contribution in [3.05, 3.63) is 18.3 Å². The number of rotatable bonds is 5. The Morgan fingerprint density at radius 2 is 1.92 bits per heavy atom. The van der Waals surface area contributed by atoms with Gasteiger partial charge in [-0.2, -0.15) is 4.31 Å². The van der Waals surface area contributed by atoms with Crippen molar-refractivity contribution in [1.29, 1.82) is 0 Å². The third kappa shape index (κ3) is 4.16. The number of carbonyl (C=O) groups is 1. The molecule has 0 atom stereocenters. The summed E-state index contributed by atoms with van der Waals surface area (Å²) < 4.78 is 37.0. The predicted molar refractivity (Wildman–Crippen MR) is 94.1 cm³/mol. The Bertz CT molecular complexity index is 708. The molecule has 144 valence electrons. The molecule has 2 saturated heterocycles. The highest BCUT2D eigenvalue weighted by Gasteiger charge is 2.31. The van der Waals surface area contributed by atoms with Crippen molar-refractivity contribution in [3.8, 4) is 0 Å². The molecular formula is C17H26N3O5S+. The Morgan fingerprint density at radius 1 is 1.23 bits per heavy atom. The Kier molecular flexibility index (Phi) is 6.10. The van der Waals surface area contributed by atoms with E-state index >= 15 is 0 Å². The summed E-state index contributed by atoms with van der Waals surface area (Å²) in [6.45, 7) is 5.30. The molecule has 0 spiro atoms. The van der Waals surface area contributed by atoms with E-state index in [0.717, 1.165) is 31.7 Å².